The molecule has 0 unspecified atom stereocenters. The summed E-state index contributed by atoms with van der Waals surface area (Å²) in [5, 5.41) is 6.63. The van der Waals surface area contributed by atoms with Gasteiger partial charge in [-0.2, -0.15) is 23.1 Å². The summed E-state index contributed by atoms with van der Waals surface area (Å²) in [7, 11) is -1.01. The van der Waals surface area contributed by atoms with Gasteiger partial charge in [-0.25, -0.2) is 0 Å². The van der Waals surface area contributed by atoms with Gasteiger partial charge in [-0.3, -0.25) is 0 Å². The fraction of sp³-hybridized carbons (Fsp3) is 0.400. The van der Waals surface area contributed by atoms with E-state index in [9.17, 15) is 17.7 Å². The smallest absolute Gasteiger partial charge is 0.418 e. The molecule has 1 aromatic carbocycles. The molecular formula is C20H23F3N5O2P. The maximum atomic E-state index is 13.5. The molecule has 11 heteroatoms. The van der Waals surface area contributed by atoms with Gasteiger partial charge in [0.05, 0.1) is 23.7 Å². The molecule has 1 fully saturated rings. The molecule has 1 saturated carbocycles. The lowest BCUT2D eigenvalue weighted by Gasteiger charge is -2.15. The van der Waals surface area contributed by atoms with Gasteiger partial charge in [0.25, 0.3) is 0 Å². The summed E-state index contributed by atoms with van der Waals surface area (Å²) in [5.41, 5.74) is -0.226. The molecule has 4 rings (SSSR count). The molecule has 0 saturated heterocycles. The van der Waals surface area contributed by atoms with Gasteiger partial charge in [0.2, 0.25) is 5.95 Å². The van der Waals surface area contributed by atoms with E-state index in [2.05, 4.69) is 25.6 Å². The molecule has 3 N–H and O–H groups in total. The largest absolute Gasteiger partial charge is 0.495 e. The Morgan fingerprint density at radius 1 is 1.26 bits per heavy atom. The van der Waals surface area contributed by atoms with Crippen molar-refractivity contribution in [2.75, 3.05) is 37.6 Å². The highest BCUT2D eigenvalue weighted by Crippen LogP contribution is 2.40. The number of benzene rings is 1. The SMILES string of the molecule is COc1cc(P(C)(C)=O)ccc1Nc1nc(NCC2CC2)c2c(C(F)(F)F)c[nH]c2n1. The van der Waals surface area contributed by atoms with Crippen LogP contribution in [-0.4, -0.2) is 41.9 Å². The average molecular weight is 453 g/mol. The van der Waals surface area contributed by atoms with Crippen molar-refractivity contribution < 1.29 is 22.5 Å². The van der Waals surface area contributed by atoms with Crippen LogP contribution in [0.5, 0.6) is 5.75 Å². The fourth-order valence-electron chi connectivity index (χ4n) is 3.24. The number of aromatic nitrogens is 3. The number of nitrogens with zero attached hydrogens (tertiary/aromatic N) is 2. The van der Waals surface area contributed by atoms with Gasteiger partial charge in [0.15, 0.2) is 0 Å². The number of alkyl halides is 3. The Morgan fingerprint density at radius 2 is 2.00 bits per heavy atom. The van der Waals surface area contributed by atoms with E-state index >= 15 is 0 Å². The minimum Gasteiger partial charge on any atom is -0.495 e. The Morgan fingerprint density at radius 3 is 2.61 bits per heavy atom. The molecule has 7 nitrogen and oxygen atoms in total. The molecule has 3 aromatic rings. The molecule has 1 aliphatic rings. The number of anilines is 3. The third-order valence-electron chi connectivity index (χ3n) is 5.15. The first-order valence-corrected chi connectivity index (χ1v) is 12.4. The summed E-state index contributed by atoms with van der Waals surface area (Å²) < 4.78 is 58.1. The van der Waals surface area contributed by atoms with Gasteiger partial charge < -0.3 is 24.9 Å². The second kappa shape index (κ2) is 7.75. The fourth-order valence-corrected chi connectivity index (χ4v) is 4.10. The molecule has 2 aromatic heterocycles. The molecule has 0 spiro atoms. The van der Waals surface area contributed by atoms with Crippen LogP contribution in [0.2, 0.25) is 0 Å². The van der Waals surface area contributed by atoms with Gasteiger partial charge in [-0.1, -0.05) is 0 Å². The number of hydrogen-bond donors (Lipinski definition) is 3. The second-order valence-corrected chi connectivity index (χ2v) is 11.2. The molecule has 0 aliphatic heterocycles. The Labute approximate surface area is 177 Å². The molecule has 0 bridgehead atoms. The van der Waals surface area contributed by atoms with E-state index in [1.165, 1.54) is 7.11 Å². The molecule has 0 amide bonds. The van der Waals surface area contributed by atoms with Crippen LogP contribution >= 0.6 is 7.14 Å². The lowest BCUT2D eigenvalue weighted by molar-refractivity contribution is -0.136. The van der Waals surface area contributed by atoms with Gasteiger partial charge >= 0.3 is 6.18 Å². The third kappa shape index (κ3) is 4.63. The predicted octanol–water partition coefficient (Wildman–Crippen LogP) is 4.80. The van der Waals surface area contributed by atoms with E-state index in [1.54, 1.807) is 31.5 Å². The van der Waals surface area contributed by atoms with E-state index in [0.717, 1.165) is 19.0 Å². The third-order valence-corrected chi connectivity index (χ3v) is 6.67. The van der Waals surface area contributed by atoms with Crippen molar-refractivity contribution in [3.8, 4) is 5.75 Å². The first-order valence-electron chi connectivity index (χ1n) is 9.77. The van der Waals surface area contributed by atoms with E-state index in [1.807, 2.05) is 0 Å². The first kappa shape index (κ1) is 21.5. The number of H-pyrrole nitrogens is 1. The Bertz CT molecular complexity index is 1170. The lowest BCUT2D eigenvalue weighted by atomic mass is 10.2. The van der Waals surface area contributed by atoms with E-state index < -0.39 is 18.9 Å². The molecular weight excluding hydrogens is 430 g/mol. The summed E-state index contributed by atoms with van der Waals surface area (Å²) in [6.45, 7) is 3.87. The van der Waals surface area contributed by atoms with Gasteiger partial charge in [-0.05, 0) is 50.3 Å². The number of halogens is 3. The Balaban J connectivity index is 1.73. The number of nitrogens with one attached hydrogen (secondary N) is 3. The van der Waals surface area contributed by atoms with Crippen molar-refractivity contribution in [1.82, 2.24) is 15.0 Å². The normalized spacial score (nSPS) is 14.6. The highest BCUT2D eigenvalue weighted by atomic mass is 31.2. The summed E-state index contributed by atoms with van der Waals surface area (Å²) >= 11 is 0. The van der Waals surface area contributed by atoms with Gasteiger partial charge in [-0.15, -0.1) is 0 Å². The molecule has 1 aliphatic carbocycles. The van der Waals surface area contributed by atoms with E-state index in [-0.39, 0.29) is 22.8 Å². The number of hydrogen-bond acceptors (Lipinski definition) is 6. The molecule has 0 atom stereocenters. The van der Waals surface area contributed by atoms with Crippen LogP contribution in [0.3, 0.4) is 0 Å². The van der Waals surface area contributed by atoms with E-state index in [4.69, 9.17) is 4.74 Å². The zero-order chi connectivity index (χ0) is 22.4. The minimum atomic E-state index is -4.53. The number of methoxy groups -OCH3 is 1. The highest BCUT2D eigenvalue weighted by Gasteiger charge is 2.36. The number of aromatic amines is 1. The van der Waals surface area contributed by atoms with Gasteiger partial charge in [0.1, 0.15) is 24.4 Å². The van der Waals surface area contributed by atoms with Crippen molar-refractivity contribution in [3.05, 3.63) is 30.0 Å². The molecule has 166 valence electrons. The molecule has 2 heterocycles. The highest BCUT2D eigenvalue weighted by molar-refractivity contribution is 7.70. The summed E-state index contributed by atoms with van der Waals surface area (Å²) in [6.07, 6.45) is -1.53. The maximum Gasteiger partial charge on any atom is 0.418 e. The van der Waals surface area contributed by atoms with Crippen LogP contribution in [0.25, 0.3) is 11.0 Å². The number of ether oxygens (including phenoxy) is 1. The maximum absolute atomic E-state index is 13.5. The summed E-state index contributed by atoms with van der Waals surface area (Å²) in [6, 6.07) is 5.08. The standard InChI is InChI=1S/C20H23F3N5O2P/c1-30-15-8-12(31(2,3)29)6-7-14(15)26-19-27-17(24-9-11-4-5-11)16-13(20(21,22)23)10-25-18(16)28-19/h6-8,10-11H,4-5,9H2,1-3H3,(H3,24,25,26,27,28). The van der Waals surface area contributed by atoms with Crippen LogP contribution in [0.1, 0.15) is 18.4 Å². The summed E-state index contributed by atoms with van der Waals surface area (Å²) in [4.78, 5) is 11.2. The monoisotopic (exact) mass is 453 g/mol. The van der Waals surface area contributed by atoms with Crippen molar-refractivity contribution in [2.24, 2.45) is 5.92 Å². The Kier molecular flexibility index (Phi) is 5.37. The van der Waals surface area contributed by atoms with E-state index in [0.29, 0.717) is 29.2 Å². The Hall–Kier alpha value is -2.74. The zero-order valence-corrected chi connectivity index (χ0v) is 18.2. The quantitative estimate of drug-likeness (QED) is 0.445. The molecule has 31 heavy (non-hydrogen) atoms. The lowest BCUT2D eigenvalue weighted by Crippen LogP contribution is -2.11. The molecule has 0 radical (unpaired) electrons. The predicted molar refractivity (Wildman–Crippen MR) is 115 cm³/mol. The number of rotatable bonds is 7. The topological polar surface area (TPSA) is 91.9 Å². The average Bonchev–Trinajstić information content (AvgIpc) is 3.41. The van der Waals surface area contributed by atoms with Crippen LogP contribution in [0.15, 0.2) is 24.4 Å². The zero-order valence-electron chi connectivity index (χ0n) is 17.3. The van der Waals surface area contributed by atoms with Crippen molar-refractivity contribution in [2.45, 2.75) is 19.0 Å². The van der Waals surface area contributed by atoms with Crippen LogP contribution < -0.4 is 20.7 Å². The van der Waals surface area contributed by atoms with Gasteiger partial charge in [0, 0.05) is 18.0 Å². The minimum absolute atomic E-state index is 0.0744. The summed E-state index contributed by atoms with van der Waals surface area (Å²) in [5.74, 6) is 1.11. The van der Waals surface area contributed by atoms with Crippen molar-refractivity contribution in [1.29, 1.82) is 0 Å². The van der Waals surface area contributed by atoms with Crippen LogP contribution in [0.4, 0.5) is 30.6 Å². The second-order valence-electron chi connectivity index (χ2n) is 8.00. The van der Waals surface area contributed by atoms with Crippen LogP contribution in [-0.2, 0) is 10.7 Å². The van der Waals surface area contributed by atoms with Crippen molar-refractivity contribution in [3.63, 3.8) is 0 Å². The first-order chi connectivity index (χ1) is 14.6. The van der Waals surface area contributed by atoms with Crippen LogP contribution in [0, 0.1) is 5.92 Å². The number of fused-ring (bicyclic) bond motifs is 1. The van der Waals surface area contributed by atoms with Crippen molar-refractivity contribution >= 4 is 40.9 Å².